The summed E-state index contributed by atoms with van der Waals surface area (Å²) in [6.07, 6.45) is -4.63. The number of esters is 1. The summed E-state index contributed by atoms with van der Waals surface area (Å²) in [5.41, 5.74) is -2.51. The fourth-order valence-corrected chi connectivity index (χ4v) is 0.839. The van der Waals surface area contributed by atoms with Crippen LogP contribution in [0.5, 0.6) is 5.75 Å². The van der Waals surface area contributed by atoms with Crippen molar-refractivity contribution in [1.29, 1.82) is 0 Å². The Bertz CT molecular complexity index is 369. The number of benzene rings is 1. The van der Waals surface area contributed by atoms with Gasteiger partial charge < -0.3 is 4.74 Å². The first-order valence-corrected chi connectivity index (χ1v) is 4.59. The van der Waals surface area contributed by atoms with Crippen molar-refractivity contribution in [2.45, 2.75) is 20.0 Å². The highest BCUT2D eigenvalue weighted by Crippen LogP contribution is 2.38. The highest BCUT2D eigenvalue weighted by atomic mass is 19.4. The van der Waals surface area contributed by atoms with Gasteiger partial charge in [0.1, 0.15) is 5.75 Å². The highest BCUT2D eigenvalue weighted by Gasteiger charge is 2.54. The Hall–Kier alpha value is -1.52. The Balaban J connectivity index is 2.81. The summed E-state index contributed by atoms with van der Waals surface area (Å²) in [4.78, 5) is 11.3. The van der Waals surface area contributed by atoms with Crippen molar-refractivity contribution >= 4 is 5.97 Å². The molecular formula is C11H11F3O2. The van der Waals surface area contributed by atoms with E-state index in [1.165, 1.54) is 12.1 Å². The minimum Gasteiger partial charge on any atom is -0.426 e. The molecule has 0 aliphatic carbocycles. The molecule has 0 atom stereocenters. The summed E-state index contributed by atoms with van der Waals surface area (Å²) in [5.74, 6) is -1.21. The van der Waals surface area contributed by atoms with Crippen LogP contribution in [0.2, 0.25) is 0 Å². The zero-order valence-electron chi connectivity index (χ0n) is 8.84. The number of para-hydroxylation sites is 1. The molecule has 0 aliphatic heterocycles. The van der Waals surface area contributed by atoms with Crippen molar-refractivity contribution in [1.82, 2.24) is 0 Å². The Morgan fingerprint density at radius 1 is 1.12 bits per heavy atom. The van der Waals surface area contributed by atoms with Gasteiger partial charge in [0.15, 0.2) is 5.41 Å². The van der Waals surface area contributed by atoms with Crippen molar-refractivity contribution in [3.05, 3.63) is 30.3 Å². The third-order valence-corrected chi connectivity index (χ3v) is 2.17. The van der Waals surface area contributed by atoms with E-state index in [4.69, 9.17) is 0 Å². The zero-order valence-corrected chi connectivity index (χ0v) is 8.84. The summed E-state index contributed by atoms with van der Waals surface area (Å²) in [6, 6.07) is 7.66. The van der Waals surface area contributed by atoms with Crippen LogP contribution in [0.3, 0.4) is 0 Å². The van der Waals surface area contributed by atoms with Crippen LogP contribution in [-0.4, -0.2) is 12.1 Å². The van der Waals surface area contributed by atoms with Crippen molar-refractivity contribution < 1.29 is 22.7 Å². The Kier molecular flexibility index (Phi) is 3.26. The lowest BCUT2D eigenvalue weighted by atomic mass is 9.93. The van der Waals surface area contributed by atoms with E-state index >= 15 is 0 Å². The first-order valence-electron chi connectivity index (χ1n) is 4.59. The van der Waals surface area contributed by atoms with Gasteiger partial charge in [-0.2, -0.15) is 13.2 Å². The molecule has 5 heteroatoms. The lowest BCUT2D eigenvalue weighted by molar-refractivity contribution is -0.219. The van der Waals surface area contributed by atoms with E-state index in [1.54, 1.807) is 18.2 Å². The van der Waals surface area contributed by atoms with Gasteiger partial charge in [-0.1, -0.05) is 18.2 Å². The number of hydrogen-bond donors (Lipinski definition) is 0. The average Bonchev–Trinajstić information content (AvgIpc) is 2.17. The quantitative estimate of drug-likeness (QED) is 0.578. The molecule has 0 bridgehead atoms. The predicted molar refractivity (Wildman–Crippen MR) is 51.9 cm³/mol. The molecule has 16 heavy (non-hydrogen) atoms. The van der Waals surface area contributed by atoms with Gasteiger partial charge in [0.25, 0.3) is 0 Å². The Morgan fingerprint density at radius 2 is 1.62 bits per heavy atom. The molecule has 0 saturated carbocycles. The van der Waals surface area contributed by atoms with Crippen LogP contribution in [-0.2, 0) is 4.79 Å². The molecule has 0 heterocycles. The van der Waals surface area contributed by atoms with Gasteiger partial charge in [-0.15, -0.1) is 0 Å². The van der Waals surface area contributed by atoms with Gasteiger partial charge in [-0.3, -0.25) is 4.79 Å². The van der Waals surface area contributed by atoms with Crippen LogP contribution < -0.4 is 4.74 Å². The summed E-state index contributed by atoms with van der Waals surface area (Å²) in [7, 11) is 0. The van der Waals surface area contributed by atoms with Gasteiger partial charge in [0.05, 0.1) is 0 Å². The summed E-state index contributed by atoms with van der Waals surface area (Å²) >= 11 is 0. The second-order valence-corrected chi connectivity index (χ2v) is 3.83. The highest BCUT2D eigenvalue weighted by molar-refractivity contribution is 5.79. The van der Waals surface area contributed by atoms with Crippen molar-refractivity contribution in [2.75, 3.05) is 0 Å². The van der Waals surface area contributed by atoms with Crippen molar-refractivity contribution in [3.8, 4) is 5.75 Å². The van der Waals surface area contributed by atoms with Crippen LogP contribution in [0.1, 0.15) is 13.8 Å². The smallest absolute Gasteiger partial charge is 0.404 e. The average molecular weight is 232 g/mol. The number of carbonyl (C=O) groups is 1. The van der Waals surface area contributed by atoms with E-state index < -0.39 is 17.6 Å². The molecule has 0 fully saturated rings. The van der Waals surface area contributed by atoms with E-state index in [1.807, 2.05) is 0 Å². The van der Waals surface area contributed by atoms with Gasteiger partial charge in [-0.05, 0) is 26.0 Å². The van der Waals surface area contributed by atoms with E-state index in [-0.39, 0.29) is 5.75 Å². The monoisotopic (exact) mass is 232 g/mol. The van der Waals surface area contributed by atoms with Gasteiger partial charge in [-0.25, -0.2) is 0 Å². The molecule has 0 spiro atoms. The third kappa shape index (κ3) is 2.53. The number of carbonyl (C=O) groups excluding carboxylic acids is 1. The van der Waals surface area contributed by atoms with Gasteiger partial charge >= 0.3 is 12.1 Å². The third-order valence-electron chi connectivity index (χ3n) is 2.17. The van der Waals surface area contributed by atoms with E-state index in [9.17, 15) is 18.0 Å². The fraction of sp³-hybridized carbons (Fsp3) is 0.364. The van der Waals surface area contributed by atoms with Crippen LogP contribution in [0.4, 0.5) is 13.2 Å². The minimum atomic E-state index is -4.63. The lowest BCUT2D eigenvalue weighted by Crippen LogP contribution is -2.42. The first kappa shape index (κ1) is 12.5. The molecule has 1 aromatic carbocycles. The van der Waals surface area contributed by atoms with Crippen LogP contribution in [0, 0.1) is 5.41 Å². The molecular weight excluding hydrogens is 221 g/mol. The number of ether oxygens (including phenoxy) is 1. The molecule has 1 aromatic rings. The number of rotatable bonds is 2. The SMILES string of the molecule is CC(C)(C(=O)Oc1ccccc1)C(F)(F)F. The maximum absolute atomic E-state index is 12.5. The largest absolute Gasteiger partial charge is 0.426 e. The predicted octanol–water partition coefficient (Wildman–Crippen LogP) is 3.18. The molecule has 88 valence electrons. The maximum atomic E-state index is 12.5. The second kappa shape index (κ2) is 4.15. The van der Waals surface area contributed by atoms with Gasteiger partial charge in [0.2, 0.25) is 0 Å². The number of hydrogen-bond acceptors (Lipinski definition) is 2. The molecule has 1 rings (SSSR count). The van der Waals surface area contributed by atoms with E-state index in [2.05, 4.69) is 4.74 Å². The van der Waals surface area contributed by atoms with Crippen LogP contribution in [0.15, 0.2) is 30.3 Å². The van der Waals surface area contributed by atoms with Crippen LogP contribution in [0.25, 0.3) is 0 Å². The normalized spacial score (nSPS) is 12.3. The zero-order chi connectivity index (χ0) is 12.4. The Labute approximate surface area is 91.0 Å². The standard InChI is InChI=1S/C11H11F3O2/c1-10(2,11(12,13)14)9(15)16-8-6-4-3-5-7-8/h3-7H,1-2H3. The first-order chi connectivity index (χ1) is 7.25. The number of halogens is 3. The minimum absolute atomic E-state index is 0.102. The molecule has 2 nitrogen and oxygen atoms in total. The molecule has 0 aliphatic rings. The molecule has 0 saturated heterocycles. The molecule has 0 unspecified atom stereocenters. The lowest BCUT2D eigenvalue weighted by Gasteiger charge is -2.25. The second-order valence-electron chi connectivity index (χ2n) is 3.83. The van der Waals surface area contributed by atoms with Crippen molar-refractivity contribution in [3.63, 3.8) is 0 Å². The fourth-order valence-electron chi connectivity index (χ4n) is 0.839. The van der Waals surface area contributed by atoms with E-state index in [0.717, 1.165) is 13.8 Å². The molecule has 0 amide bonds. The van der Waals surface area contributed by atoms with Crippen LogP contribution >= 0.6 is 0 Å². The van der Waals surface area contributed by atoms with E-state index in [0.29, 0.717) is 0 Å². The molecule has 0 aromatic heterocycles. The summed E-state index contributed by atoms with van der Waals surface area (Å²) in [5, 5.41) is 0. The summed E-state index contributed by atoms with van der Waals surface area (Å²) < 4.78 is 42.1. The molecule has 0 N–H and O–H groups in total. The van der Waals surface area contributed by atoms with Crippen molar-refractivity contribution in [2.24, 2.45) is 5.41 Å². The molecule has 0 radical (unpaired) electrons. The van der Waals surface area contributed by atoms with Gasteiger partial charge in [0, 0.05) is 0 Å². The summed E-state index contributed by atoms with van der Waals surface area (Å²) in [6.45, 7) is 1.58. The maximum Gasteiger partial charge on any atom is 0.404 e. The number of alkyl halides is 3. The topological polar surface area (TPSA) is 26.3 Å². The Morgan fingerprint density at radius 3 is 2.06 bits per heavy atom.